The summed E-state index contributed by atoms with van der Waals surface area (Å²) in [7, 11) is 0. The molecule has 24 heavy (non-hydrogen) atoms. The van der Waals surface area contributed by atoms with Crippen molar-refractivity contribution in [1.82, 2.24) is 9.97 Å². The molecule has 1 atom stereocenters. The van der Waals surface area contributed by atoms with Crippen molar-refractivity contribution in [1.29, 1.82) is 0 Å². The Morgan fingerprint density at radius 1 is 1.08 bits per heavy atom. The molecule has 0 radical (unpaired) electrons. The highest BCUT2D eigenvalue weighted by Gasteiger charge is 2.07. The van der Waals surface area contributed by atoms with Gasteiger partial charge in [-0.2, -0.15) is 0 Å². The van der Waals surface area contributed by atoms with Crippen molar-refractivity contribution in [3.8, 4) is 0 Å². The first-order valence-corrected chi connectivity index (χ1v) is 8.28. The van der Waals surface area contributed by atoms with E-state index in [1.807, 2.05) is 19.9 Å². The van der Waals surface area contributed by atoms with Gasteiger partial charge in [-0.05, 0) is 37.8 Å². The SMILES string of the molecule is C.C.C.CC1CCOC1.Cc1ccc(Cl)nc1.Cc1cnc(Cl)s1. The van der Waals surface area contributed by atoms with E-state index < -0.39 is 0 Å². The molecule has 2 aromatic heterocycles. The summed E-state index contributed by atoms with van der Waals surface area (Å²) in [5.41, 5.74) is 1.13. The Balaban J connectivity index is -0.000000261. The van der Waals surface area contributed by atoms with Crippen molar-refractivity contribution in [3.63, 3.8) is 0 Å². The van der Waals surface area contributed by atoms with Crippen molar-refractivity contribution in [2.24, 2.45) is 5.92 Å². The normalized spacial score (nSPS) is 14.5. The zero-order chi connectivity index (χ0) is 15.7. The lowest BCUT2D eigenvalue weighted by Crippen LogP contribution is -1.88. The van der Waals surface area contributed by atoms with Crippen LogP contribution < -0.4 is 0 Å². The third kappa shape index (κ3) is 13.7. The zero-order valence-corrected chi connectivity index (χ0v) is 14.8. The molecule has 1 unspecified atom stereocenters. The van der Waals surface area contributed by atoms with Gasteiger partial charge in [0.05, 0.1) is 0 Å². The molecule has 0 spiro atoms. The summed E-state index contributed by atoms with van der Waals surface area (Å²) in [6, 6.07) is 3.70. The van der Waals surface area contributed by atoms with Crippen LogP contribution in [0.2, 0.25) is 9.62 Å². The molecular formula is C18H32Cl2N2OS. The molecule has 0 amide bonds. The van der Waals surface area contributed by atoms with Gasteiger partial charge in [-0.15, -0.1) is 11.3 Å². The fourth-order valence-electron chi connectivity index (χ4n) is 1.43. The van der Waals surface area contributed by atoms with Crippen LogP contribution in [0.15, 0.2) is 24.5 Å². The molecule has 3 heterocycles. The quantitative estimate of drug-likeness (QED) is 0.446. The lowest BCUT2D eigenvalue weighted by atomic mass is 10.2. The van der Waals surface area contributed by atoms with Crippen molar-refractivity contribution in [2.45, 2.75) is 49.5 Å². The predicted octanol–water partition coefficient (Wildman–Crippen LogP) is 7.10. The molecule has 3 rings (SSSR count). The molecule has 1 aliphatic rings. The van der Waals surface area contributed by atoms with E-state index >= 15 is 0 Å². The zero-order valence-electron chi connectivity index (χ0n) is 12.5. The summed E-state index contributed by atoms with van der Waals surface area (Å²) in [5.74, 6) is 0.824. The van der Waals surface area contributed by atoms with E-state index in [0.717, 1.165) is 29.6 Å². The summed E-state index contributed by atoms with van der Waals surface area (Å²) in [5, 5.41) is 0.551. The Morgan fingerprint density at radius 2 is 1.75 bits per heavy atom. The fraction of sp³-hybridized carbons (Fsp3) is 0.556. The Labute approximate surface area is 162 Å². The second-order valence-electron chi connectivity index (χ2n) is 4.85. The van der Waals surface area contributed by atoms with Crippen molar-refractivity contribution >= 4 is 34.5 Å². The van der Waals surface area contributed by atoms with E-state index in [9.17, 15) is 0 Å². The number of hydrogen-bond donors (Lipinski definition) is 0. The highest BCUT2D eigenvalue weighted by Crippen LogP contribution is 2.15. The molecule has 3 nitrogen and oxygen atoms in total. The van der Waals surface area contributed by atoms with Gasteiger partial charge in [0.1, 0.15) is 5.15 Å². The van der Waals surface area contributed by atoms with Crippen LogP contribution in [0.25, 0.3) is 0 Å². The summed E-state index contributed by atoms with van der Waals surface area (Å²) in [6.45, 7) is 8.14. The molecule has 1 saturated heterocycles. The molecule has 1 fully saturated rings. The molecule has 6 heteroatoms. The highest BCUT2D eigenvalue weighted by atomic mass is 35.5. The van der Waals surface area contributed by atoms with Crippen LogP contribution in [0.1, 0.15) is 46.1 Å². The minimum atomic E-state index is 0. The van der Waals surface area contributed by atoms with E-state index in [4.69, 9.17) is 27.9 Å². The largest absolute Gasteiger partial charge is 0.381 e. The molecule has 0 aliphatic carbocycles. The van der Waals surface area contributed by atoms with Crippen LogP contribution in [0, 0.1) is 19.8 Å². The van der Waals surface area contributed by atoms with Gasteiger partial charge in [0.25, 0.3) is 0 Å². The summed E-state index contributed by atoms with van der Waals surface area (Å²) >= 11 is 12.5. The van der Waals surface area contributed by atoms with Gasteiger partial charge in [-0.1, -0.05) is 58.5 Å². The minimum Gasteiger partial charge on any atom is -0.381 e. The van der Waals surface area contributed by atoms with Gasteiger partial charge >= 0.3 is 0 Å². The number of nitrogens with zero attached hydrogens (tertiary/aromatic N) is 2. The van der Waals surface area contributed by atoms with Gasteiger partial charge < -0.3 is 4.74 Å². The highest BCUT2D eigenvalue weighted by molar-refractivity contribution is 7.15. The first-order valence-electron chi connectivity index (χ1n) is 6.71. The van der Waals surface area contributed by atoms with Crippen LogP contribution in [0.3, 0.4) is 0 Å². The number of aromatic nitrogens is 2. The molecule has 140 valence electrons. The number of hydrogen-bond acceptors (Lipinski definition) is 4. The molecular weight excluding hydrogens is 363 g/mol. The molecule has 0 bridgehead atoms. The van der Waals surface area contributed by atoms with Crippen molar-refractivity contribution < 1.29 is 4.74 Å². The fourth-order valence-corrected chi connectivity index (χ4v) is 2.43. The average Bonchev–Trinajstić information content (AvgIpc) is 3.06. The summed E-state index contributed by atoms with van der Waals surface area (Å²) in [4.78, 5) is 8.80. The number of ether oxygens (including phenoxy) is 1. The Bertz CT molecular complexity index is 474. The monoisotopic (exact) mass is 394 g/mol. The van der Waals surface area contributed by atoms with E-state index in [1.54, 1.807) is 18.5 Å². The maximum absolute atomic E-state index is 5.50. The lowest BCUT2D eigenvalue weighted by Gasteiger charge is -1.89. The molecule has 0 aromatic carbocycles. The number of aryl methyl sites for hydroxylation is 2. The predicted molar refractivity (Wildman–Crippen MR) is 111 cm³/mol. The van der Waals surface area contributed by atoms with Crippen LogP contribution in [-0.4, -0.2) is 23.2 Å². The number of rotatable bonds is 0. The third-order valence-corrected chi connectivity index (χ3v) is 3.88. The summed E-state index contributed by atoms with van der Waals surface area (Å²) < 4.78 is 5.68. The molecule has 1 aliphatic heterocycles. The number of halogens is 2. The minimum absolute atomic E-state index is 0. The lowest BCUT2D eigenvalue weighted by molar-refractivity contribution is 0.188. The van der Waals surface area contributed by atoms with Gasteiger partial charge in [0, 0.05) is 30.5 Å². The molecule has 2 aromatic rings. The Hall–Kier alpha value is -0.680. The van der Waals surface area contributed by atoms with Crippen LogP contribution in [0.5, 0.6) is 0 Å². The number of pyridine rings is 1. The van der Waals surface area contributed by atoms with Gasteiger partial charge in [0.2, 0.25) is 0 Å². The standard InChI is InChI=1S/C6H6ClN.C5H10O.C4H4ClNS.3CH4/c1-5-2-3-6(7)8-4-5;1-5-2-3-6-4-5;1-3-2-6-4(5)7-3;;;/h2-4H,1H3;5H,2-4H2,1H3;2H,1H3;3*1H4. The van der Waals surface area contributed by atoms with Crippen molar-refractivity contribution in [3.05, 3.63) is 44.6 Å². The maximum atomic E-state index is 5.50. The second kappa shape index (κ2) is 15.8. The number of thiazole rings is 1. The first-order chi connectivity index (χ1) is 9.97. The molecule has 0 saturated carbocycles. The van der Waals surface area contributed by atoms with Gasteiger partial charge in [-0.3, -0.25) is 0 Å². The Morgan fingerprint density at radius 3 is 1.96 bits per heavy atom. The average molecular weight is 395 g/mol. The van der Waals surface area contributed by atoms with E-state index in [2.05, 4.69) is 16.9 Å². The van der Waals surface area contributed by atoms with E-state index in [1.165, 1.54) is 17.8 Å². The van der Waals surface area contributed by atoms with Crippen LogP contribution in [0.4, 0.5) is 0 Å². The van der Waals surface area contributed by atoms with Crippen LogP contribution >= 0.6 is 34.5 Å². The van der Waals surface area contributed by atoms with E-state index in [-0.39, 0.29) is 22.3 Å². The second-order valence-corrected chi connectivity index (χ2v) is 7.06. The van der Waals surface area contributed by atoms with E-state index in [0.29, 0.717) is 9.62 Å². The smallest absolute Gasteiger partial charge is 0.183 e. The van der Waals surface area contributed by atoms with Crippen LogP contribution in [-0.2, 0) is 4.74 Å². The first kappa shape index (κ1) is 28.1. The van der Waals surface area contributed by atoms with Crippen molar-refractivity contribution in [2.75, 3.05) is 13.2 Å². The van der Waals surface area contributed by atoms with Gasteiger partial charge in [-0.25, -0.2) is 9.97 Å². The molecule has 0 N–H and O–H groups in total. The Kier molecular flexibility index (Phi) is 18.6. The van der Waals surface area contributed by atoms with Gasteiger partial charge in [0.15, 0.2) is 4.47 Å². The third-order valence-electron chi connectivity index (χ3n) is 2.63. The summed E-state index contributed by atoms with van der Waals surface area (Å²) in [6.07, 6.45) is 4.76. The topological polar surface area (TPSA) is 35.0 Å². The maximum Gasteiger partial charge on any atom is 0.183 e.